The van der Waals surface area contributed by atoms with Gasteiger partial charge in [-0.25, -0.2) is 4.39 Å². The van der Waals surface area contributed by atoms with Crippen LogP contribution in [0.4, 0.5) is 4.39 Å². The average molecular weight is 344 g/mol. The summed E-state index contributed by atoms with van der Waals surface area (Å²) in [4.78, 5) is 19.0. The summed E-state index contributed by atoms with van der Waals surface area (Å²) < 4.78 is 24.8. The van der Waals surface area contributed by atoms with Gasteiger partial charge in [0.05, 0.1) is 25.8 Å². The van der Waals surface area contributed by atoms with Gasteiger partial charge in [0.15, 0.2) is 11.5 Å². The van der Waals surface area contributed by atoms with Gasteiger partial charge >= 0.3 is 0 Å². The van der Waals surface area contributed by atoms with Gasteiger partial charge in [0, 0.05) is 24.5 Å². The molecule has 0 unspecified atom stereocenters. The highest BCUT2D eigenvalue weighted by Crippen LogP contribution is 2.37. The van der Waals surface area contributed by atoms with Crippen LogP contribution in [0.2, 0.25) is 0 Å². The largest absolute Gasteiger partial charge is 0.493 e. The summed E-state index contributed by atoms with van der Waals surface area (Å²) in [5.41, 5.74) is 0.906. The van der Waals surface area contributed by atoms with Gasteiger partial charge in [0.25, 0.3) is 5.91 Å². The van der Waals surface area contributed by atoms with Gasteiger partial charge in [-0.3, -0.25) is 9.78 Å². The first-order chi connectivity index (χ1) is 12.1. The number of amides is 1. The van der Waals surface area contributed by atoms with Crippen LogP contribution in [-0.2, 0) is 0 Å². The zero-order chi connectivity index (χ0) is 18.0. The lowest BCUT2D eigenvalue weighted by molar-refractivity contribution is 0.0668. The van der Waals surface area contributed by atoms with Crippen molar-refractivity contribution < 1.29 is 18.7 Å². The highest BCUT2D eigenvalue weighted by Gasteiger charge is 2.38. The lowest BCUT2D eigenvalue weighted by Gasteiger charge is -2.30. The molecule has 2 aromatic rings. The number of hydrogen-bond acceptors (Lipinski definition) is 4. The van der Waals surface area contributed by atoms with E-state index in [9.17, 15) is 9.18 Å². The van der Waals surface area contributed by atoms with Crippen molar-refractivity contribution in [1.82, 2.24) is 9.88 Å². The van der Waals surface area contributed by atoms with Gasteiger partial charge in [-0.1, -0.05) is 6.07 Å². The lowest BCUT2D eigenvalue weighted by Crippen LogP contribution is -2.36. The Morgan fingerprint density at radius 2 is 1.96 bits per heavy atom. The van der Waals surface area contributed by atoms with E-state index >= 15 is 0 Å². The van der Waals surface area contributed by atoms with Crippen molar-refractivity contribution in [2.75, 3.05) is 14.2 Å². The molecule has 1 amide bonds. The number of pyridine rings is 1. The lowest BCUT2D eigenvalue weighted by atomic mass is 10.1. The van der Waals surface area contributed by atoms with Crippen LogP contribution in [0.5, 0.6) is 11.5 Å². The number of benzene rings is 1. The molecule has 6 heteroatoms. The molecule has 1 aliphatic rings. The maximum atomic E-state index is 14.5. The Morgan fingerprint density at radius 3 is 2.52 bits per heavy atom. The minimum absolute atomic E-state index is 0.0136. The third-order valence-electron chi connectivity index (χ3n) is 4.46. The smallest absolute Gasteiger partial charge is 0.257 e. The fraction of sp³-hybridized carbons (Fsp3) is 0.368. The molecular weight excluding hydrogens is 323 g/mol. The number of carbonyl (C=O) groups excluding carboxylic acids is 1. The molecule has 25 heavy (non-hydrogen) atoms. The van der Waals surface area contributed by atoms with Crippen molar-refractivity contribution in [3.8, 4) is 11.5 Å². The van der Waals surface area contributed by atoms with Gasteiger partial charge in [-0.05, 0) is 37.5 Å². The maximum absolute atomic E-state index is 14.5. The van der Waals surface area contributed by atoms with E-state index in [1.807, 2.05) is 19.1 Å². The average Bonchev–Trinajstić information content (AvgIpc) is 3.47. The number of carbonyl (C=O) groups is 1. The van der Waals surface area contributed by atoms with Crippen LogP contribution in [-0.4, -0.2) is 36.1 Å². The van der Waals surface area contributed by atoms with Gasteiger partial charge in [-0.15, -0.1) is 0 Å². The second-order valence-corrected chi connectivity index (χ2v) is 6.09. The summed E-state index contributed by atoms with van der Waals surface area (Å²) in [6.45, 7) is 1.94. The molecule has 1 atom stereocenters. The Balaban J connectivity index is 1.97. The SMILES string of the molecule is COc1cc(F)c(C(=O)N(C2CC2)[C@H](C)c2cccnc2)cc1OC. The molecule has 1 aromatic carbocycles. The minimum Gasteiger partial charge on any atom is -0.493 e. The zero-order valence-electron chi connectivity index (χ0n) is 14.5. The van der Waals surface area contributed by atoms with Crippen LogP contribution in [0.1, 0.15) is 41.7 Å². The van der Waals surface area contributed by atoms with Crippen molar-refractivity contribution in [3.63, 3.8) is 0 Å². The van der Waals surface area contributed by atoms with Crippen molar-refractivity contribution in [2.45, 2.75) is 31.8 Å². The van der Waals surface area contributed by atoms with E-state index in [1.54, 1.807) is 17.3 Å². The van der Waals surface area contributed by atoms with Crippen LogP contribution in [0, 0.1) is 5.82 Å². The molecule has 1 aliphatic carbocycles. The molecule has 0 N–H and O–H groups in total. The van der Waals surface area contributed by atoms with E-state index in [2.05, 4.69) is 4.98 Å². The normalized spacial score (nSPS) is 14.7. The second-order valence-electron chi connectivity index (χ2n) is 6.09. The highest BCUT2D eigenvalue weighted by molar-refractivity contribution is 5.96. The first kappa shape index (κ1) is 17.2. The van der Waals surface area contributed by atoms with E-state index in [4.69, 9.17) is 9.47 Å². The van der Waals surface area contributed by atoms with Crippen molar-refractivity contribution in [1.29, 1.82) is 0 Å². The van der Waals surface area contributed by atoms with Crippen LogP contribution in [0.15, 0.2) is 36.7 Å². The molecule has 1 heterocycles. The molecule has 3 rings (SSSR count). The van der Waals surface area contributed by atoms with E-state index < -0.39 is 5.82 Å². The highest BCUT2D eigenvalue weighted by atomic mass is 19.1. The Morgan fingerprint density at radius 1 is 1.28 bits per heavy atom. The Bertz CT molecular complexity index is 763. The Labute approximate surface area is 146 Å². The standard InChI is InChI=1S/C19H21FN2O3/c1-12(13-5-4-8-21-11-13)22(14-6-7-14)19(23)15-9-17(24-2)18(25-3)10-16(15)20/h4-5,8-12,14H,6-7H2,1-3H3/t12-/m1/s1. The van der Waals surface area contributed by atoms with Gasteiger partial charge in [0.1, 0.15) is 5.82 Å². The molecule has 0 spiro atoms. The summed E-state index contributed by atoms with van der Waals surface area (Å²) in [7, 11) is 2.89. The minimum atomic E-state index is -0.619. The van der Waals surface area contributed by atoms with E-state index in [0.29, 0.717) is 5.75 Å². The van der Waals surface area contributed by atoms with E-state index in [-0.39, 0.29) is 29.3 Å². The Hall–Kier alpha value is -2.63. The van der Waals surface area contributed by atoms with Crippen molar-refractivity contribution in [3.05, 3.63) is 53.6 Å². The van der Waals surface area contributed by atoms with Crippen LogP contribution in [0.25, 0.3) is 0 Å². The van der Waals surface area contributed by atoms with Crippen LogP contribution in [0.3, 0.4) is 0 Å². The molecule has 0 aliphatic heterocycles. The summed E-state index contributed by atoms with van der Waals surface area (Å²) in [5, 5.41) is 0. The molecule has 1 saturated carbocycles. The molecule has 0 bridgehead atoms. The molecule has 1 aromatic heterocycles. The summed E-state index contributed by atoms with van der Waals surface area (Å²) in [6.07, 6.45) is 5.27. The summed E-state index contributed by atoms with van der Waals surface area (Å²) >= 11 is 0. The van der Waals surface area contributed by atoms with Gasteiger partial charge in [0.2, 0.25) is 0 Å². The molecule has 5 nitrogen and oxygen atoms in total. The predicted molar refractivity (Wildman–Crippen MR) is 91.3 cm³/mol. The number of aromatic nitrogens is 1. The number of halogens is 1. The molecule has 132 valence electrons. The fourth-order valence-corrected chi connectivity index (χ4v) is 2.95. The topological polar surface area (TPSA) is 51.7 Å². The maximum Gasteiger partial charge on any atom is 0.257 e. The third kappa shape index (κ3) is 3.43. The monoisotopic (exact) mass is 344 g/mol. The molecule has 1 fully saturated rings. The number of nitrogens with zero attached hydrogens (tertiary/aromatic N) is 2. The van der Waals surface area contributed by atoms with Crippen LogP contribution >= 0.6 is 0 Å². The predicted octanol–water partition coefficient (Wildman–Crippen LogP) is 3.60. The quantitative estimate of drug-likeness (QED) is 0.803. The molecule has 0 saturated heterocycles. The molecule has 0 radical (unpaired) electrons. The number of ether oxygens (including phenoxy) is 2. The molecular formula is C19H21FN2O3. The van der Waals surface area contributed by atoms with Gasteiger partial charge in [-0.2, -0.15) is 0 Å². The van der Waals surface area contributed by atoms with Crippen LogP contribution < -0.4 is 9.47 Å². The van der Waals surface area contributed by atoms with Crippen molar-refractivity contribution in [2.24, 2.45) is 0 Å². The first-order valence-corrected chi connectivity index (χ1v) is 8.21. The number of hydrogen-bond donors (Lipinski definition) is 0. The second kappa shape index (κ2) is 7.09. The van der Waals surface area contributed by atoms with E-state index in [0.717, 1.165) is 18.4 Å². The van der Waals surface area contributed by atoms with E-state index in [1.165, 1.54) is 26.4 Å². The fourth-order valence-electron chi connectivity index (χ4n) is 2.95. The number of rotatable bonds is 6. The van der Waals surface area contributed by atoms with Crippen molar-refractivity contribution >= 4 is 5.91 Å². The summed E-state index contributed by atoms with van der Waals surface area (Å²) in [5.74, 6) is -0.379. The summed E-state index contributed by atoms with van der Waals surface area (Å²) in [6, 6.07) is 6.27. The third-order valence-corrected chi connectivity index (χ3v) is 4.46. The number of methoxy groups -OCH3 is 2. The Kier molecular flexibility index (Phi) is 4.88. The zero-order valence-corrected chi connectivity index (χ0v) is 14.5. The first-order valence-electron chi connectivity index (χ1n) is 8.21. The van der Waals surface area contributed by atoms with Gasteiger partial charge < -0.3 is 14.4 Å².